The topological polar surface area (TPSA) is 23.6 Å². The molecule has 1 saturated heterocycles. The van der Waals surface area contributed by atoms with Crippen molar-refractivity contribution in [1.82, 2.24) is 4.90 Å². The fourth-order valence-electron chi connectivity index (χ4n) is 1.95. The normalized spacial score (nSPS) is 16.1. The number of carbonyl (C=O) groups excluding carboxylic acids is 1. The number of anilines is 1. The zero-order chi connectivity index (χ0) is 12.3. The Labute approximate surface area is 114 Å². The minimum atomic E-state index is -0.215. The van der Waals surface area contributed by atoms with Crippen LogP contribution in [0.5, 0.6) is 0 Å². The second-order valence-electron chi connectivity index (χ2n) is 3.98. The van der Waals surface area contributed by atoms with Crippen LogP contribution in [0.3, 0.4) is 0 Å². The molecule has 0 saturated carbocycles. The quantitative estimate of drug-likeness (QED) is 0.602. The van der Waals surface area contributed by atoms with Crippen LogP contribution in [0.15, 0.2) is 24.3 Å². The zero-order valence-corrected chi connectivity index (χ0v) is 11.6. The summed E-state index contributed by atoms with van der Waals surface area (Å²) in [5.41, 5.74) is 1.02. The summed E-state index contributed by atoms with van der Waals surface area (Å²) in [6.07, 6.45) is 0. The standard InChI is InChI=1S/C12H14FIN2O/c13-10-1-3-11(4-2-10)15-5-7-16(8-6-15)12(17)9-14/h1-4H,5-9H2. The number of hydrogen-bond donors (Lipinski definition) is 0. The number of amides is 1. The van der Waals surface area contributed by atoms with Gasteiger partial charge in [0.05, 0.1) is 4.43 Å². The summed E-state index contributed by atoms with van der Waals surface area (Å²) in [6, 6.07) is 6.51. The van der Waals surface area contributed by atoms with Crippen LogP contribution in [0.2, 0.25) is 0 Å². The number of benzene rings is 1. The Morgan fingerprint density at radius 1 is 1.18 bits per heavy atom. The van der Waals surface area contributed by atoms with Crippen LogP contribution < -0.4 is 4.90 Å². The van der Waals surface area contributed by atoms with Gasteiger partial charge in [-0.1, -0.05) is 22.6 Å². The number of hydrogen-bond acceptors (Lipinski definition) is 2. The first kappa shape index (κ1) is 12.6. The minimum Gasteiger partial charge on any atom is -0.368 e. The molecule has 0 spiro atoms. The third kappa shape index (κ3) is 3.08. The maximum absolute atomic E-state index is 12.8. The number of halogens is 2. The van der Waals surface area contributed by atoms with Crippen LogP contribution in [0.4, 0.5) is 10.1 Å². The summed E-state index contributed by atoms with van der Waals surface area (Å²) in [5.74, 6) is -0.0168. The van der Waals surface area contributed by atoms with Gasteiger partial charge in [-0.3, -0.25) is 4.79 Å². The highest BCUT2D eigenvalue weighted by atomic mass is 127. The van der Waals surface area contributed by atoms with Gasteiger partial charge in [0.2, 0.25) is 5.91 Å². The molecule has 0 aliphatic carbocycles. The van der Waals surface area contributed by atoms with Crippen molar-refractivity contribution < 1.29 is 9.18 Å². The van der Waals surface area contributed by atoms with Crippen molar-refractivity contribution in [3.63, 3.8) is 0 Å². The fourth-order valence-corrected chi connectivity index (χ4v) is 2.43. The molecular weight excluding hydrogens is 334 g/mol. The maximum Gasteiger partial charge on any atom is 0.232 e. The molecule has 1 aliphatic heterocycles. The first-order valence-corrected chi connectivity index (χ1v) is 7.07. The largest absolute Gasteiger partial charge is 0.368 e. The van der Waals surface area contributed by atoms with Gasteiger partial charge in [-0.25, -0.2) is 4.39 Å². The van der Waals surface area contributed by atoms with Gasteiger partial charge in [0.1, 0.15) is 5.82 Å². The molecule has 0 N–H and O–H groups in total. The molecule has 1 aliphatic rings. The SMILES string of the molecule is O=C(CI)N1CCN(c2ccc(F)cc2)CC1. The van der Waals surface area contributed by atoms with Crippen LogP contribution in [0, 0.1) is 5.82 Å². The van der Waals surface area contributed by atoms with Gasteiger partial charge in [0, 0.05) is 31.9 Å². The molecule has 0 unspecified atom stereocenters. The first-order valence-electron chi connectivity index (χ1n) is 5.55. The number of alkyl halides is 1. The van der Waals surface area contributed by atoms with E-state index in [1.807, 2.05) is 4.90 Å². The van der Waals surface area contributed by atoms with E-state index < -0.39 is 0 Å². The molecule has 0 atom stereocenters. The Bertz CT molecular complexity index is 388. The molecule has 1 heterocycles. The monoisotopic (exact) mass is 348 g/mol. The van der Waals surface area contributed by atoms with Crippen molar-refractivity contribution in [3.8, 4) is 0 Å². The van der Waals surface area contributed by atoms with Crippen molar-refractivity contribution in [2.24, 2.45) is 0 Å². The Hall–Kier alpha value is -0.850. The van der Waals surface area contributed by atoms with Gasteiger partial charge in [0.25, 0.3) is 0 Å². The van der Waals surface area contributed by atoms with Crippen molar-refractivity contribution in [3.05, 3.63) is 30.1 Å². The second-order valence-corrected chi connectivity index (χ2v) is 4.74. The Balaban J connectivity index is 1.95. The summed E-state index contributed by atoms with van der Waals surface area (Å²) < 4.78 is 13.3. The molecule has 1 aromatic rings. The Morgan fingerprint density at radius 3 is 2.29 bits per heavy atom. The molecule has 1 aromatic carbocycles. The van der Waals surface area contributed by atoms with Crippen molar-refractivity contribution in [2.75, 3.05) is 35.5 Å². The Kier molecular flexibility index (Phi) is 4.20. The molecule has 92 valence electrons. The van der Waals surface area contributed by atoms with Gasteiger partial charge in [-0.2, -0.15) is 0 Å². The van der Waals surface area contributed by atoms with E-state index in [2.05, 4.69) is 27.5 Å². The molecule has 5 heteroatoms. The molecule has 17 heavy (non-hydrogen) atoms. The molecule has 0 bridgehead atoms. The lowest BCUT2D eigenvalue weighted by Crippen LogP contribution is -2.49. The summed E-state index contributed by atoms with van der Waals surface area (Å²) in [6.45, 7) is 3.13. The Morgan fingerprint density at radius 2 is 1.76 bits per heavy atom. The summed E-state index contributed by atoms with van der Waals surface area (Å²) in [4.78, 5) is 15.6. The van der Waals surface area contributed by atoms with Crippen LogP contribution >= 0.6 is 22.6 Å². The average molecular weight is 348 g/mol. The van der Waals surface area contributed by atoms with Crippen LogP contribution in [0.1, 0.15) is 0 Å². The third-order valence-corrected chi connectivity index (χ3v) is 3.59. The lowest BCUT2D eigenvalue weighted by atomic mass is 10.2. The summed E-state index contributed by atoms with van der Waals surface area (Å²) in [7, 11) is 0. The van der Waals surface area contributed by atoms with Crippen molar-refractivity contribution >= 4 is 34.2 Å². The molecule has 1 amide bonds. The highest BCUT2D eigenvalue weighted by Gasteiger charge is 2.20. The number of rotatable bonds is 2. The molecular formula is C12H14FIN2O. The van der Waals surface area contributed by atoms with E-state index in [1.54, 1.807) is 12.1 Å². The number of carbonyl (C=O) groups is 1. The maximum atomic E-state index is 12.8. The third-order valence-electron chi connectivity index (χ3n) is 2.94. The molecule has 1 fully saturated rings. The van der Waals surface area contributed by atoms with E-state index in [9.17, 15) is 9.18 Å². The van der Waals surface area contributed by atoms with Crippen LogP contribution in [-0.4, -0.2) is 41.4 Å². The molecule has 2 rings (SSSR count). The van der Waals surface area contributed by atoms with E-state index in [0.717, 1.165) is 31.9 Å². The molecule has 0 radical (unpaired) electrons. The lowest BCUT2D eigenvalue weighted by Gasteiger charge is -2.35. The molecule has 3 nitrogen and oxygen atoms in total. The van der Waals surface area contributed by atoms with E-state index in [-0.39, 0.29) is 11.7 Å². The summed E-state index contributed by atoms with van der Waals surface area (Å²) in [5, 5.41) is 0. The van der Waals surface area contributed by atoms with Crippen molar-refractivity contribution in [2.45, 2.75) is 0 Å². The van der Waals surface area contributed by atoms with Gasteiger partial charge in [-0.05, 0) is 24.3 Å². The molecule has 0 aromatic heterocycles. The van der Waals surface area contributed by atoms with Gasteiger partial charge < -0.3 is 9.80 Å². The number of piperazine rings is 1. The van der Waals surface area contributed by atoms with Crippen LogP contribution in [0.25, 0.3) is 0 Å². The van der Waals surface area contributed by atoms with Gasteiger partial charge in [-0.15, -0.1) is 0 Å². The summed E-state index contributed by atoms with van der Waals surface area (Å²) >= 11 is 2.09. The number of nitrogens with zero attached hydrogens (tertiary/aromatic N) is 2. The van der Waals surface area contributed by atoms with Gasteiger partial charge in [0.15, 0.2) is 0 Å². The average Bonchev–Trinajstić information content (AvgIpc) is 2.39. The van der Waals surface area contributed by atoms with E-state index in [4.69, 9.17) is 0 Å². The zero-order valence-electron chi connectivity index (χ0n) is 9.40. The highest BCUT2D eigenvalue weighted by molar-refractivity contribution is 14.1. The predicted octanol–water partition coefficient (Wildman–Crippen LogP) is 1.91. The van der Waals surface area contributed by atoms with Crippen LogP contribution in [-0.2, 0) is 4.79 Å². The van der Waals surface area contributed by atoms with Crippen molar-refractivity contribution in [1.29, 1.82) is 0 Å². The lowest BCUT2D eigenvalue weighted by molar-refractivity contribution is -0.128. The van der Waals surface area contributed by atoms with E-state index >= 15 is 0 Å². The van der Waals surface area contributed by atoms with E-state index in [1.165, 1.54) is 12.1 Å². The van der Waals surface area contributed by atoms with E-state index in [0.29, 0.717) is 4.43 Å². The minimum absolute atomic E-state index is 0.198. The predicted molar refractivity (Wildman–Crippen MR) is 74.1 cm³/mol. The highest BCUT2D eigenvalue weighted by Crippen LogP contribution is 2.16. The second kappa shape index (κ2) is 5.66. The smallest absolute Gasteiger partial charge is 0.232 e. The first-order chi connectivity index (χ1) is 8.20. The fraction of sp³-hybridized carbons (Fsp3) is 0.417. The van der Waals surface area contributed by atoms with Gasteiger partial charge >= 0.3 is 0 Å².